The Morgan fingerprint density at radius 1 is 1.43 bits per heavy atom. The number of ether oxygens (including phenoxy) is 1. The molecule has 0 aromatic carbocycles. The average molecular weight is 342 g/mol. The second-order valence-electron chi connectivity index (χ2n) is 6.54. The van der Waals surface area contributed by atoms with Gasteiger partial charge in [-0.15, -0.1) is 11.8 Å². The Bertz CT molecular complexity index is 555. The van der Waals surface area contributed by atoms with Crippen LogP contribution in [-0.4, -0.2) is 45.0 Å². The number of thioether (sulfide) groups is 1. The van der Waals surface area contributed by atoms with Crippen LogP contribution in [0, 0.1) is 5.95 Å². The summed E-state index contributed by atoms with van der Waals surface area (Å²) in [5.74, 6) is -0.622. The van der Waals surface area contributed by atoms with Gasteiger partial charge in [0.05, 0.1) is 11.6 Å². The van der Waals surface area contributed by atoms with Gasteiger partial charge in [-0.3, -0.25) is 0 Å². The van der Waals surface area contributed by atoms with Gasteiger partial charge in [0.15, 0.2) is 0 Å². The van der Waals surface area contributed by atoms with E-state index >= 15 is 0 Å². The fraction of sp³-hybridized carbons (Fsp3) is 0.625. The predicted molar refractivity (Wildman–Crippen MR) is 86.8 cm³/mol. The van der Waals surface area contributed by atoms with E-state index in [2.05, 4.69) is 4.98 Å². The Morgan fingerprint density at radius 2 is 2.09 bits per heavy atom. The normalized spacial score (nSPS) is 16.5. The SMILES string of the molecule is CC(C)(C)OC(=O)N1CCC(Sc2ccc(CO)c(F)n2)CC1. The van der Waals surface area contributed by atoms with Crippen molar-refractivity contribution >= 4 is 17.9 Å². The van der Waals surface area contributed by atoms with E-state index in [1.165, 1.54) is 11.8 Å². The number of amides is 1. The monoisotopic (exact) mass is 342 g/mol. The zero-order valence-electron chi connectivity index (χ0n) is 13.7. The maximum Gasteiger partial charge on any atom is 0.410 e. The van der Waals surface area contributed by atoms with Crippen molar-refractivity contribution in [2.75, 3.05) is 13.1 Å². The van der Waals surface area contributed by atoms with Gasteiger partial charge in [0.25, 0.3) is 0 Å². The summed E-state index contributed by atoms with van der Waals surface area (Å²) in [4.78, 5) is 17.6. The lowest BCUT2D eigenvalue weighted by Gasteiger charge is -2.33. The molecule has 0 atom stereocenters. The number of pyridine rings is 1. The molecule has 0 saturated carbocycles. The van der Waals surface area contributed by atoms with Crippen LogP contribution in [0.15, 0.2) is 17.2 Å². The molecule has 1 aliphatic rings. The molecule has 7 heteroatoms. The van der Waals surface area contributed by atoms with Crippen LogP contribution in [0.25, 0.3) is 0 Å². The van der Waals surface area contributed by atoms with Crippen molar-refractivity contribution in [3.05, 3.63) is 23.6 Å². The van der Waals surface area contributed by atoms with Crippen molar-refractivity contribution in [3.8, 4) is 0 Å². The molecule has 1 amide bonds. The smallest absolute Gasteiger partial charge is 0.410 e. The third-order valence-corrected chi connectivity index (χ3v) is 4.73. The van der Waals surface area contributed by atoms with Crippen LogP contribution in [0.1, 0.15) is 39.2 Å². The summed E-state index contributed by atoms with van der Waals surface area (Å²) in [5, 5.41) is 9.86. The summed E-state index contributed by atoms with van der Waals surface area (Å²) in [6.07, 6.45) is 1.35. The number of aromatic nitrogens is 1. The summed E-state index contributed by atoms with van der Waals surface area (Å²) in [6.45, 7) is 6.46. The van der Waals surface area contributed by atoms with E-state index in [1.54, 1.807) is 17.0 Å². The topological polar surface area (TPSA) is 62.7 Å². The molecule has 5 nitrogen and oxygen atoms in total. The van der Waals surface area contributed by atoms with Crippen LogP contribution >= 0.6 is 11.8 Å². The molecule has 1 aromatic rings. The molecule has 1 aliphatic heterocycles. The number of carbonyl (C=O) groups is 1. The summed E-state index contributed by atoms with van der Waals surface area (Å²) < 4.78 is 18.9. The molecule has 128 valence electrons. The first-order valence-corrected chi connectivity index (χ1v) is 8.57. The van der Waals surface area contributed by atoms with Gasteiger partial charge in [-0.2, -0.15) is 4.39 Å². The van der Waals surface area contributed by atoms with Gasteiger partial charge in [-0.1, -0.05) is 0 Å². The van der Waals surface area contributed by atoms with Crippen molar-refractivity contribution in [1.82, 2.24) is 9.88 Å². The van der Waals surface area contributed by atoms with Gasteiger partial charge in [-0.05, 0) is 45.7 Å². The molecule has 23 heavy (non-hydrogen) atoms. The lowest BCUT2D eigenvalue weighted by atomic mass is 10.1. The molecule has 1 aromatic heterocycles. The highest BCUT2D eigenvalue weighted by Gasteiger charge is 2.27. The highest BCUT2D eigenvalue weighted by Crippen LogP contribution is 2.30. The number of hydrogen-bond acceptors (Lipinski definition) is 5. The summed E-state index contributed by atoms with van der Waals surface area (Å²) >= 11 is 1.51. The number of rotatable bonds is 3. The first kappa shape index (κ1) is 18.0. The predicted octanol–water partition coefficient (Wildman–Crippen LogP) is 3.20. The number of hydrogen-bond donors (Lipinski definition) is 1. The average Bonchev–Trinajstić information content (AvgIpc) is 2.46. The van der Waals surface area contributed by atoms with Gasteiger partial charge in [0.1, 0.15) is 5.60 Å². The zero-order valence-corrected chi connectivity index (χ0v) is 14.5. The number of carbonyl (C=O) groups excluding carboxylic acids is 1. The Balaban J connectivity index is 1.85. The maximum absolute atomic E-state index is 13.6. The standard InChI is InChI=1S/C16H23FN2O3S/c1-16(2,3)22-15(21)19-8-6-12(7-9-19)23-13-5-4-11(10-20)14(17)18-13/h4-5,12,20H,6-10H2,1-3H3. The Labute approximate surface area is 140 Å². The van der Waals surface area contributed by atoms with Crippen molar-refractivity contribution in [1.29, 1.82) is 0 Å². The van der Waals surface area contributed by atoms with E-state index in [-0.39, 0.29) is 18.3 Å². The molecule has 0 radical (unpaired) electrons. The lowest BCUT2D eigenvalue weighted by molar-refractivity contribution is 0.0219. The maximum atomic E-state index is 13.6. The van der Waals surface area contributed by atoms with Crippen molar-refractivity contribution in [2.45, 2.75) is 56.1 Å². The number of likely N-dealkylation sites (tertiary alicyclic amines) is 1. The third kappa shape index (κ3) is 5.35. The largest absolute Gasteiger partial charge is 0.444 e. The van der Waals surface area contributed by atoms with E-state index < -0.39 is 11.5 Å². The number of halogens is 1. The fourth-order valence-corrected chi connectivity index (χ4v) is 3.35. The molecule has 1 N–H and O–H groups in total. The van der Waals surface area contributed by atoms with Gasteiger partial charge in [-0.25, -0.2) is 9.78 Å². The third-order valence-electron chi connectivity index (χ3n) is 3.45. The first-order chi connectivity index (χ1) is 10.8. The fourth-order valence-electron chi connectivity index (χ4n) is 2.28. The second kappa shape index (κ2) is 7.49. The quantitative estimate of drug-likeness (QED) is 0.855. The highest BCUT2D eigenvalue weighted by molar-refractivity contribution is 7.99. The molecular formula is C16H23FN2O3S. The van der Waals surface area contributed by atoms with E-state index in [1.807, 2.05) is 20.8 Å². The van der Waals surface area contributed by atoms with Crippen LogP contribution in [0.4, 0.5) is 9.18 Å². The number of aliphatic hydroxyl groups is 1. The minimum absolute atomic E-state index is 0.203. The minimum atomic E-state index is -0.622. The van der Waals surface area contributed by atoms with E-state index in [0.29, 0.717) is 23.4 Å². The molecular weight excluding hydrogens is 319 g/mol. The van der Waals surface area contributed by atoms with Crippen molar-refractivity contribution in [3.63, 3.8) is 0 Å². The van der Waals surface area contributed by atoms with Crippen molar-refractivity contribution < 1.29 is 19.0 Å². The number of aliphatic hydroxyl groups excluding tert-OH is 1. The van der Waals surface area contributed by atoms with Crippen molar-refractivity contribution in [2.24, 2.45) is 0 Å². The van der Waals surface area contributed by atoms with Gasteiger partial charge < -0.3 is 14.7 Å². The van der Waals surface area contributed by atoms with Gasteiger partial charge in [0.2, 0.25) is 5.95 Å². The van der Waals surface area contributed by atoms with E-state index in [9.17, 15) is 9.18 Å². The molecule has 0 spiro atoms. The van der Waals surface area contributed by atoms with Crippen LogP contribution in [0.5, 0.6) is 0 Å². The Hall–Kier alpha value is -1.34. The zero-order chi connectivity index (χ0) is 17.0. The molecule has 2 heterocycles. The summed E-state index contributed by atoms with van der Waals surface area (Å²) in [7, 11) is 0. The molecule has 0 unspecified atom stereocenters. The first-order valence-electron chi connectivity index (χ1n) is 7.69. The summed E-state index contributed by atoms with van der Waals surface area (Å²) in [6, 6.07) is 3.28. The lowest BCUT2D eigenvalue weighted by Crippen LogP contribution is -2.42. The van der Waals surface area contributed by atoms with Crippen LogP contribution < -0.4 is 0 Å². The van der Waals surface area contributed by atoms with Crippen LogP contribution in [0.2, 0.25) is 0 Å². The second-order valence-corrected chi connectivity index (χ2v) is 7.86. The van der Waals surface area contributed by atoms with Crippen LogP contribution in [-0.2, 0) is 11.3 Å². The van der Waals surface area contributed by atoms with E-state index in [0.717, 1.165) is 12.8 Å². The molecule has 1 fully saturated rings. The minimum Gasteiger partial charge on any atom is -0.444 e. The Kier molecular flexibility index (Phi) is 5.86. The molecule has 0 bridgehead atoms. The molecule has 0 aliphatic carbocycles. The van der Waals surface area contributed by atoms with Gasteiger partial charge in [0, 0.05) is 23.9 Å². The number of nitrogens with zero attached hydrogens (tertiary/aromatic N) is 2. The van der Waals surface area contributed by atoms with Gasteiger partial charge >= 0.3 is 6.09 Å². The summed E-state index contributed by atoms with van der Waals surface area (Å²) in [5.41, 5.74) is -0.285. The van der Waals surface area contributed by atoms with E-state index in [4.69, 9.17) is 9.84 Å². The number of piperidine rings is 1. The Morgan fingerprint density at radius 3 is 2.61 bits per heavy atom. The van der Waals surface area contributed by atoms with Crippen LogP contribution in [0.3, 0.4) is 0 Å². The molecule has 1 saturated heterocycles. The highest BCUT2D eigenvalue weighted by atomic mass is 32.2. The molecule has 2 rings (SSSR count).